The topological polar surface area (TPSA) is 75.5 Å². The van der Waals surface area contributed by atoms with Crippen LogP contribution >= 0.6 is 23.2 Å². The summed E-state index contributed by atoms with van der Waals surface area (Å²) in [5, 5.41) is 5.04. The third kappa shape index (κ3) is 3.96. The van der Waals surface area contributed by atoms with Crippen LogP contribution in [0.5, 0.6) is 0 Å². The fourth-order valence-corrected chi connectivity index (χ4v) is 5.43. The summed E-state index contributed by atoms with van der Waals surface area (Å²) in [6, 6.07) is 15.2. The molecule has 3 aromatic rings. The number of carbonyl (C=O) groups excluding carboxylic acids is 1. The maximum absolute atomic E-state index is 12.9. The van der Waals surface area contributed by atoms with Gasteiger partial charge in [-0.25, -0.2) is 13.1 Å². The second-order valence-electron chi connectivity index (χ2n) is 6.72. The van der Waals surface area contributed by atoms with E-state index in [-0.39, 0.29) is 47.7 Å². The van der Waals surface area contributed by atoms with Crippen LogP contribution in [0.25, 0.3) is 5.69 Å². The summed E-state index contributed by atoms with van der Waals surface area (Å²) in [5.41, 5.74) is 0.950. The van der Waals surface area contributed by atoms with Gasteiger partial charge in [-0.1, -0.05) is 47.5 Å². The Morgan fingerprint density at radius 2 is 1.50 bits per heavy atom. The molecule has 1 saturated heterocycles. The second kappa shape index (κ2) is 8.39. The van der Waals surface area contributed by atoms with E-state index >= 15 is 0 Å². The second-order valence-corrected chi connectivity index (χ2v) is 9.44. The number of piperazine rings is 1. The molecule has 0 bridgehead atoms. The predicted molar refractivity (Wildman–Crippen MR) is 115 cm³/mol. The van der Waals surface area contributed by atoms with Crippen molar-refractivity contribution in [1.29, 1.82) is 0 Å². The Morgan fingerprint density at radius 3 is 2.17 bits per heavy atom. The fraction of sp³-hybridized carbons (Fsp3) is 0.200. The van der Waals surface area contributed by atoms with E-state index in [1.54, 1.807) is 46.1 Å². The zero-order valence-corrected chi connectivity index (χ0v) is 18.1. The zero-order valence-electron chi connectivity index (χ0n) is 15.8. The van der Waals surface area contributed by atoms with Crippen molar-refractivity contribution < 1.29 is 13.2 Å². The van der Waals surface area contributed by atoms with Gasteiger partial charge in [0.05, 0.1) is 15.7 Å². The summed E-state index contributed by atoms with van der Waals surface area (Å²) < 4.78 is 28.6. The van der Waals surface area contributed by atoms with Crippen LogP contribution in [-0.4, -0.2) is 59.5 Å². The van der Waals surface area contributed by atoms with Crippen LogP contribution in [0.3, 0.4) is 0 Å². The van der Waals surface area contributed by atoms with Gasteiger partial charge in [0.25, 0.3) is 5.91 Å². The van der Waals surface area contributed by atoms with E-state index in [0.29, 0.717) is 10.7 Å². The van der Waals surface area contributed by atoms with E-state index in [2.05, 4.69) is 5.10 Å². The first kappa shape index (κ1) is 20.9. The Labute approximate surface area is 184 Å². The summed E-state index contributed by atoms with van der Waals surface area (Å²) >= 11 is 12.2. The van der Waals surface area contributed by atoms with Crippen molar-refractivity contribution in [3.63, 3.8) is 0 Å². The number of sulfonamides is 1. The van der Waals surface area contributed by atoms with Crippen molar-refractivity contribution in [2.45, 2.75) is 4.90 Å². The standard InChI is InChI=1S/C20H18Cl2N4O3S/c21-15-5-1-3-7-18(15)26-10-9-17(23-26)20(27)24-11-13-25(14-12-24)30(28,29)19-8-4-2-6-16(19)22/h1-10H,11-14H2. The molecule has 4 rings (SSSR count). The summed E-state index contributed by atoms with van der Waals surface area (Å²) in [5.74, 6) is -0.254. The molecule has 0 spiro atoms. The number of rotatable bonds is 4. The van der Waals surface area contributed by atoms with Crippen molar-refractivity contribution in [1.82, 2.24) is 19.0 Å². The van der Waals surface area contributed by atoms with Crippen LogP contribution in [0.2, 0.25) is 10.0 Å². The number of amides is 1. The van der Waals surface area contributed by atoms with E-state index in [1.165, 1.54) is 10.4 Å². The predicted octanol–water partition coefficient (Wildman–Crippen LogP) is 3.33. The molecule has 10 heteroatoms. The van der Waals surface area contributed by atoms with Crippen LogP contribution in [0.1, 0.15) is 10.5 Å². The molecule has 30 heavy (non-hydrogen) atoms. The number of carbonyl (C=O) groups is 1. The summed E-state index contributed by atoms with van der Waals surface area (Å²) in [6.07, 6.45) is 1.67. The van der Waals surface area contributed by atoms with Gasteiger partial charge in [-0.05, 0) is 30.3 Å². The molecule has 2 aromatic carbocycles. The quantitative estimate of drug-likeness (QED) is 0.593. The zero-order chi connectivity index (χ0) is 21.3. The molecular weight excluding hydrogens is 447 g/mol. The third-order valence-electron chi connectivity index (χ3n) is 4.89. The highest BCUT2D eigenvalue weighted by Crippen LogP contribution is 2.25. The number of halogens is 2. The van der Waals surface area contributed by atoms with Gasteiger partial charge in [-0.15, -0.1) is 0 Å². The largest absolute Gasteiger partial charge is 0.335 e. The lowest BCUT2D eigenvalue weighted by atomic mass is 10.3. The molecule has 1 aliphatic rings. The highest BCUT2D eigenvalue weighted by molar-refractivity contribution is 7.89. The number of para-hydroxylation sites is 1. The van der Waals surface area contributed by atoms with E-state index in [0.717, 1.165) is 0 Å². The molecule has 0 N–H and O–H groups in total. The van der Waals surface area contributed by atoms with E-state index < -0.39 is 10.0 Å². The third-order valence-corrected chi connectivity index (χ3v) is 7.61. The average Bonchev–Trinajstić information content (AvgIpc) is 3.24. The molecule has 0 saturated carbocycles. The van der Waals surface area contributed by atoms with Crippen molar-refractivity contribution in [3.8, 4) is 5.69 Å². The number of benzene rings is 2. The molecule has 0 atom stereocenters. The van der Waals surface area contributed by atoms with Crippen molar-refractivity contribution in [2.24, 2.45) is 0 Å². The van der Waals surface area contributed by atoms with E-state index in [1.807, 2.05) is 18.2 Å². The van der Waals surface area contributed by atoms with E-state index in [9.17, 15) is 13.2 Å². The monoisotopic (exact) mass is 464 g/mol. The van der Waals surface area contributed by atoms with Crippen LogP contribution in [0.4, 0.5) is 0 Å². The molecule has 1 amide bonds. The molecule has 7 nitrogen and oxygen atoms in total. The van der Waals surface area contributed by atoms with Gasteiger partial charge in [-0.2, -0.15) is 9.40 Å². The lowest BCUT2D eigenvalue weighted by Crippen LogP contribution is -2.50. The normalized spacial score (nSPS) is 15.3. The first-order chi connectivity index (χ1) is 14.4. The average molecular weight is 465 g/mol. The first-order valence-electron chi connectivity index (χ1n) is 9.22. The Hall–Kier alpha value is -2.39. The SMILES string of the molecule is O=C(c1ccn(-c2ccccc2Cl)n1)N1CCN(S(=O)(=O)c2ccccc2Cl)CC1. The van der Waals surface area contributed by atoms with Gasteiger partial charge in [0, 0.05) is 32.4 Å². The van der Waals surface area contributed by atoms with Crippen molar-refractivity contribution in [3.05, 3.63) is 76.5 Å². The van der Waals surface area contributed by atoms with Crippen molar-refractivity contribution in [2.75, 3.05) is 26.2 Å². The minimum atomic E-state index is -3.71. The van der Waals surface area contributed by atoms with Gasteiger partial charge >= 0.3 is 0 Å². The maximum atomic E-state index is 12.9. The van der Waals surface area contributed by atoms with Gasteiger partial charge < -0.3 is 4.90 Å². The Kier molecular flexibility index (Phi) is 5.84. The summed E-state index contributed by atoms with van der Waals surface area (Å²) in [7, 11) is -3.71. The minimum Gasteiger partial charge on any atom is -0.335 e. The van der Waals surface area contributed by atoms with Gasteiger partial charge in [0.15, 0.2) is 5.69 Å². The Morgan fingerprint density at radius 1 is 0.867 bits per heavy atom. The lowest BCUT2D eigenvalue weighted by Gasteiger charge is -2.33. The highest BCUT2D eigenvalue weighted by Gasteiger charge is 2.32. The summed E-state index contributed by atoms with van der Waals surface area (Å²) in [4.78, 5) is 14.5. The van der Waals surface area contributed by atoms with E-state index in [4.69, 9.17) is 23.2 Å². The highest BCUT2D eigenvalue weighted by atomic mass is 35.5. The molecule has 2 heterocycles. The molecule has 1 aliphatic heterocycles. The maximum Gasteiger partial charge on any atom is 0.274 e. The summed E-state index contributed by atoms with van der Waals surface area (Å²) in [6.45, 7) is 0.901. The van der Waals surface area contributed by atoms with Crippen LogP contribution < -0.4 is 0 Å². The molecule has 0 unspecified atom stereocenters. The van der Waals surface area contributed by atoms with Gasteiger partial charge in [-0.3, -0.25) is 4.79 Å². The van der Waals surface area contributed by atoms with Gasteiger partial charge in [0.1, 0.15) is 4.90 Å². The fourth-order valence-electron chi connectivity index (χ4n) is 3.30. The van der Waals surface area contributed by atoms with Crippen LogP contribution in [0, 0.1) is 0 Å². The number of nitrogens with zero attached hydrogens (tertiary/aromatic N) is 4. The molecule has 156 valence electrons. The molecule has 0 radical (unpaired) electrons. The number of hydrogen-bond donors (Lipinski definition) is 0. The Balaban J connectivity index is 1.45. The smallest absolute Gasteiger partial charge is 0.274 e. The molecular formula is C20H18Cl2N4O3S. The number of hydrogen-bond acceptors (Lipinski definition) is 4. The number of aromatic nitrogens is 2. The van der Waals surface area contributed by atoms with Crippen molar-refractivity contribution >= 4 is 39.1 Å². The lowest BCUT2D eigenvalue weighted by molar-refractivity contribution is 0.0691. The van der Waals surface area contributed by atoms with Crippen LogP contribution in [-0.2, 0) is 10.0 Å². The molecule has 0 aliphatic carbocycles. The van der Waals surface area contributed by atoms with Crippen LogP contribution in [0.15, 0.2) is 65.7 Å². The van der Waals surface area contributed by atoms with Gasteiger partial charge in [0.2, 0.25) is 10.0 Å². The first-order valence-corrected chi connectivity index (χ1v) is 11.4. The molecule has 1 aromatic heterocycles. The Bertz CT molecular complexity index is 1190. The minimum absolute atomic E-state index is 0.0740. The molecule has 1 fully saturated rings.